The quantitative estimate of drug-likeness (QED) is 0.312. The number of halogens is 5. The number of aryl methyl sites for hydroxylation is 1. The van der Waals surface area contributed by atoms with E-state index in [2.05, 4.69) is 25.0 Å². The van der Waals surface area contributed by atoms with E-state index < -0.39 is 23.9 Å². The molecule has 0 spiro atoms. The van der Waals surface area contributed by atoms with Crippen LogP contribution in [0.2, 0.25) is 0 Å². The number of nitrogens with zero attached hydrogens (tertiary/aromatic N) is 5. The van der Waals surface area contributed by atoms with Crippen LogP contribution in [0.15, 0.2) is 41.7 Å². The highest BCUT2D eigenvalue weighted by atomic mass is 19.4. The molecule has 2 aliphatic carbocycles. The zero-order valence-corrected chi connectivity index (χ0v) is 21.0. The summed E-state index contributed by atoms with van der Waals surface area (Å²) in [6.07, 6.45) is 0.216. The molecule has 0 bridgehead atoms. The van der Waals surface area contributed by atoms with Gasteiger partial charge in [0.15, 0.2) is 11.3 Å². The second kappa shape index (κ2) is 9.20. The van der Waals surface area contributed by atoms with Crippen molar-refractivity contribution in [3.05, 3.63) is 58.4 Å². The van der Waals surface area contributed by atoms with Crippen molar-refractivity contribution in [3.8, 4) is 22.8 Å². The van der Waals surface area contributed by atoms with Crippen molar-refractivity contribution in [2.75, 3.05) is 0 Å². The zero-order valence-electron chi connectivity index (χ0n) is 21.0. The molecule has 12 heteroatoms. The molecule has 0 radical (unpaired) electrons. The fourth-order valence-electron chi connectivity index (χ4n) is 5.90. The van der Waals surface area contributed by atoms with Crippen molar-refractivity contribution < 1.29 is 22.0 Å². The molecule has 2 aliphatic rings. The molecule has 204 valence electrons. The minimum Gasteiger partial charge on any atom is -0.354 e. The summed E-state index contributed by atoms with van der Waals surface area (Å²) < 4.78 is 68.7. The van der Waals surface area contributed by atoms with Gasteiger partial charge in [0.1, 0.15) is 12.0 Å². The number of fused-ring (bicyclic) bond motifs is 1. The van der Waals surface area contributed by atoms with E-state index in [0.29, 0.717) is 52.2 Å². The van der Waals surface area contributed by atoms with E-state index in [4.69, 9.17) is 0 Å². The molecule has 0 unspecified atom stereocenters. The Morgan fingerprint density at radius 3 is 2.41 bits per heavy atom. The van der Waals surface area contributed by atoms with Gasteiger partial charge < -0.3 is 4.98 Å². The standard InChI is InChI=1S/C27H25F5N6O/c1-38-25(35-13-36-38)24-23-19(6-7-33-24)37-21(9-22(23)39)18-12-34-20(15-10-26(28,29)11-15)8-17(18)14-2-4-16(5-3-14)27(30,31)32/h6-9,12-16H,2-5,10-11H2,1H3,(H,37,39)/t14-,16+. The van der Waals surface area contributed by atoms with Crippen LogP contribution in [0.4, 0.5) is 22.0 Å². The Balaban J connectivity index is 1.43. The molecule has 4 aromatic rings. The molecule has 7 nitrogen and oxygen atoms in total. The molecular weight excluding hydrogens is 519 g/mol. The van der Waals surface area contributed by atoms with Gasteiger partial charge in [0.25, 0.3) is 0 Å². The SMILES string of the molecule is Cn1ncnc1-c1nccc2[nH]c(-c3cnc(C4CC(F)(F)C4)cc3[C@H]3CC[C@@H](C(F)(F)F)CC3)cc(=O)c12. The summed E-state index contributed by atoms with van der Waals surface area (Å²) in [6, 6.07) is 4.84. The maximum absolute atomic E-state index is 13.6. The van der Waals surface area contributed by atoms with Crippen molar-refractivity contribution >= 4 is 10.9 Å². The predicted octanol–water partition coefficient (Wildman–Crippen LogP) is 6.13. The molecule has 0 saturated heterocycles. The van der Waals surface area contributed by atoms with Crippen LogP contribution >= 0.6 is 0 Å². The van der Waals surface area contributed by atoms with Gasteiger partial charge in [-0.25, -0.2) is 18.4 Å². The number of pyridine rings is 3. The van der Waals surface area contributed by atoms with Crippen LogP contribution in [-0.2, 0) is 7.05 Å². The molecule has 0 aromatic carbocycles. The monoisotopic (exact) mass is 544 g/mol. The summed E-state index contributed by atoms with van der Waals surface area (Å²) in [5, 5.41) is 4.37. The van der Waals surface area contributed by atoms with E-state index in [0.717, 1.165) is 5.56 Å². The molecular formula is C27H25F5N6O. The van der Waals surface area contributed by atoms with Gasteiger partial charge in [0, 0.05) is 55.5 Å². The Bertz CT molecular complexity index is 1590. The van der Waals surface area contributed by atoms with E-state index in [1.807, 2.05) is 0 Å². The Hall–Kier alpha value is -3.70. The van der Waals surface area contributed by atoms with Crippen LogP contribution in [0.5, 0.6) is 0 Å². The van der Waals surface area contributed by atoms with Gasteiger partial charge in [0.2, 0.25) is 5.92 Å². The smallest absolute Gasteiger partial charge is 0.354 e. The van der Waals surface area contributed by atoms with E-state index in [9.17, 15) is 26.7 Å². The molecule has 2 saturated carbocycles. The van der Waals surface area contributed by atoms with Crippen LogP contribution in [0.1, 0.15) is 61.6 Å². The second-order valence-electron chi connectivity index (χ2n) is 10.6. The third kappa shape index (κ3) is 4.70. The highest BCUT2D eigenvalue weighted by Gasteiger charge is 2.47. The summed E-state index contributed by atoms with van der Waals surface area (Å²) in [7, 11) is 1.69. The third-order valence-corrected chi connectivity index (χ3v) is 8.05. The average Bonchev–Trinajstić information content (AvgIpc) is 3.31. The van der Waals surface area contributed by atoms with Crippen molar-refractivity contribution in [2.45, 2.75) is 62.5 Å². The number of hydrogen-bond donors (Lipinski definition) is 1. The number of aromatic nitrogens is 6. The van der Waals surface area contributed by atoms with Crippen LogP contribution in [0.25, 0.3) is 33.7 Å². The van der Waals surface area contributed by atoms with Crippen LogP contribution < -0.4 is 5.43 Å². The molecule has 39 heavy (non-hydrogen) atoms. The van der Waals surface area contributed by atoms with Crippen LogP contribution in [0, 0.1) is 5.92 Å². The third-order valence-electron chi connectivity index (χ3n) is 8.05. The van der Waals surface area contributed by atoms with Gasteiger partial charge >= 0.3 is 6.18 Å². The lowest BCUT2D eigenvalue weighted by Gasteiger charge is -2.35. The van der Waals surface area contributed by atoms with Crippen molar-refractivity contribution in [1.82, 2.24) is 29.7 Å². The van der Waals surface area contributed by atoms with Gasteiger partial charge in [-0.2, -0.15) is 18.3 Å². The van der Waals surface area contributed by atoms with Crippen molar-refractivity contribution in [1.29, 1.82) is 0 Å². The minimum atomic E-state index is -4.24. The molecule has 4 aromatic heterocycles. The van der Waals surface area contributed by atoms with Crippen LogP contribution in [-0.4, -0.2) is 41.8 Å². The predicted molar refractivity (Wildman–Crippen MR) is 133 cm³/mol. The van der Waals surface area contributed by atoms with Gasteiger partial charge in [-0.15, -0.1) is 0 Å². The number of nitrogens with one attached hydrogen (secondary N) is 1. The minimum absolute atomic E-state index is 0.00622. The lowest BCUT2D eigenvalue weighted by atomic mass is 9.75. The first kappa shape index (κ1) is 25.6. The average molecular weight is 545 g/mol. The van der Waals surface area contributed by atoms with E-state index in [1.54, 1.807) is 31.6 Å². The summed E-state index contributed by atoms with van der Waals surface area (Å²) >= 11 is 0. The highest BCUT2D eigenvalue weighted by molar-refractivity contribution is 5.91. The van der Waals surface area contributed by atoms with Crippen molar-refractivity contribution in [2.24, 2.45) is 13.0 Å². The number of H-pyrrole nitrogens is 1. The molecule has 4 heterocycles. The molecule has 6 rings (SSSR count). The van der Waals surface area contributed by atoms with Gasteiger partial charge in [0.05, 0.1) is 22.5 Å². The maximum Gasteiger partial charge on any atom is 0.391 e. The first-order valence-corrected chi connectivity index (χ1v) is 12.8. The Morgan fingerprint density at radius 1 is 1.03 bits per heavy atom. The Kier molecular flexibility index (Phi) is 6.03. The number of aromatic amines is 1. The topological polar surface area (TPSA) is 89.3 Å². The lowest BCUT2D eigenvalue weighted by Crippen LogP contribution is -2.34. The molecule has 0 aliphatic heterocycles. The van der Waals surface area contributed by atoms with Crippen LogP contribution in [0.3, 0.4) is 0 Å². The zero-order chi connectivity index (χ0) is 27.5. The first-order valence-electron chi connectivity index (χ1n) is 12.8. The summed E-state index contributed by atoms with van der Waals surface area (Å²) in [5.74, 6) is -4.28. The largest absolute Gasteiger partial charge is 0.391 e. The maximum atomic E-state index is 13.6. The van der Waals surface area contributed by atoms with E-state index in [1.165, 1.54) is 17.1 Å². The summed E-state index contributed by atoms with van der Waals surface area (Å²) in [4.78, 5) is 29.7. The Labute approximate surface area is 219 Å². The normalized spacial score (nSPS) is 21.7. The number of rotatable bonds is 4. The molecule has 0 amide bonds. The van der Waals surface area contributed by atoms with Gasteiger partial charge in [-0.3, -0.25) is 14.8 Å². The van der Waals surface area contributed by atoms with Crippen molar-refractivity contribution in [3.63, 3.8) is 0 Å². The fraction of sp³-hybridized carbons (Fsp3) is 0.444. The first-order chi connectivity index (χ1) is 18.5. The van der Waals surface area contributed by atoms with Gasteiger partial charge in [-0.1, -0.05) is 0 Å². The fourth-order valence-corrected chi connectivity index (χ4v) is 5.90. The molecule has 0 atom stereocenters. The molecule has 1 N–H and O–H groups in total. The lowest BCUT2D eigenvalue weighted by molar-refractivity contribution is -0.182. The van der Waals surface area contributed by atoms with E-state index >= 15 is 0 Å². The highest BCUT2D eigenvalue weighted by Crippen LogP contribution is 2.50. The Morgan fingerprint density at radius 2 is 1.77 bits per heavy atom. The van der Waals surface area contributed by atoms with Gasteiger partial charge in [-0.05, 0) is 49.3 Å². The molecule has 2 fully saturated rings. The number of alkyl halides is 5. The summed E-state index contributed by atoms with van der Waals surface area (Å²) in [5.41, 5.74) is 2.82. The second-order valence-corrected chi connectivity index (χ2v) is 10.6. The van der Waals surface area contributed by atoms with E-state index in [-0.39, 0.29) is 37.0 Å². The number of hydrogen-bond acceptors (Lipinski definition) is 5. The summed E-state index contributed by atoms with van der Waals surface area (Å²) in [6.45, 7) is 0.